The fraction of sp³-hybridized carbons (Fsp3) is 0.381. The quantitative estimate of drug-likeness (QED) is 0.568. The van der Waals surface area contributed by atoms with Crippen molar-refractivity contribution >= 4 is 17.3 Å². The highest BCUT2D eigenvalue weighted by molar-refractivity contribution is 6.30. The van der Waals surface area contributed by atoms with Gasteiger partial charge in [0.2, 0.25) is 0 Å². The normalized spacial score (nSPS) is 23.8. The van der Waals surface area contributed by atoms with E-state index in [0.717, 1.165) is 11.1 Å². The number of hydrogen-bond donors (Lipinski definition) is 1. The topological polar surface area (TPSA) is 42.8 Å². The first-order valence-electron chi connectivity index (χ1n) is 9.73. The van der Waals surface area contributed by atoms with Crippen molar-refractivity contribution in [2.45, 2.75) is 36.6 Å². The Kier molecular flexibility index (Phi) is 4.80. The first-order valence-corrected chi connectivity index (χ1v) is 10.1. The number of ether oxygens (including phenoxy) is 1. The van der Waals surface area contributed by atoms with Gasteiger partial charge in [0.05, 0.1) is 29.3 Å². The summed E-state index contributed by atoms with van der Waals surface area (Å²) in [7, 11) is 0. The third-order valence-electron chi connectivity index (χ3n) is 6.23. The Labute approximate surface area is 187 Å². The second-order valence-electron chi connectivity index (χ2n) is 8.21. The minimum atomic E-state index is -5.30. The monoisotopic (exact) mass is 494 g/mol. The Balaban J connectivity index is 1.54. The fourth-order valence-corrected chi connectivity index (χ4v) is 4.58. The Morgan fingerprint density at radius 2 is 1.73 bits per heavy atom. The van der Waals surface area contributed by atoms with E-state index in [2.05, 4.69) is 10.5 Å². The van der Waals surface area contributed by atoms with Gasteiger partial charge in [-0.05, 0) is 34.9 Å². The molecule has 3 aliphatic heterocycles. The predicted octanol–water partition coefficient (Wildman–Crippen LogP) is 5.41. The van der Waals surface area contributed by atoms with E-state index in [4.69, 9.17) is 21.2 Å². The molecule has 0 bridgehead atoms. The van der Waals surface area contributed by atoms with Gasteiger partial charge in [0, 0.05) is 18.7 Å². The minimum Gasteiger partial charge on any atom is -0.374 e. The summed E-state index contributed by atoms with van der Waals surface area (Å²) in [5, 5.41) is 5.52. The van der Waals surface area contributed by atoms with Crippen LogP contribution in [0.4, 0.5) is 30.7 Å². The first-order chi connectivity index (χ1) is 15.4. The maximum absolute atomic E-state index is 14.7. The van der Waals surface area contributed by atoms with Crippen molar-refractivity contribution in [2.75, 3.05) is 13.1 Å². The molecule has 5 rings (SSSR count). The number of halogens is 8. The van der Waals surface area contributed by atoms with Gasteiger partial charge in [-0.1, -0.05) is 28.9 Å². The van der Waals surface area contributed by atoms with Crippen molar-refractivity contribution < 1.29 is 40.3 Å². The third kappa shape index (κ3) is 3.31. The average Bonchev–Trinajstić information content (AvgIpc) is 3.31. The van der Waals surface area contributed by atoms with E-state index in [-0.39, 0.29) is 30.0 Å². The van der Waals surface area contributed by atoms with Gasteiger partial charge in [0.15, 0.2) is 0 Å². The molecule has 176 valence electrons. The SMILES string of the molecule is Fc1c(Cl)cc(C(F)(F)F)cc1[C@@]1(C(F)(F)F)CC(c2ccc3c(c2)COC32CNC2)=NO1. The van der Waals surface area contributed by atoms with Crippen LogP contribution in [0.3, 0.4) is 0 Å². The van der Waals surface area contributed by atoms with E-state index in [1.807, 2.05) is 0 Å². The van der Waals surface area contributed by atoms with Crippen LogP contribution in [-0.2, 0) is 33.6 Å². The molecule has 2 aromatic rings. The second kappa shape index (κ2) is 7.07. The molecular formula is C21H14ClF7N2O2. The molecular weight excluding hydrogens is 481 g/mol. The van der Waals surface area contributed by atoms with Gasteiger partial charge in [0.25, 0.3) is 5.60 Å². The zero-order valence-corrected chi connectivity index (χ0v) is 17.3. The third-order valence-corrected chi connectivity index (χ3v) is 6.51. The van der Waals surface area contributed by atoms with Gasteiger partial charge >= 0.3 is 12.4 Å². The van der Waals surface area contributed by atoms with Crippen LogP contribution in [-0.4, -0.2) is 25.0 Å². The van der Waals surface area contributed by atoms with E-state index in [1.54, 1.807) is 12.1 Å². The van der Waals surface area contributed by atoms with Gasteiger partial charge < -0.3 is 14.9 Å². The highest BCUT2D eigenvalue weighted by Crippen LogP contribution is 2.51. The molecule has 1 spiro atoms. The Morgan fingerprint density at radius 1 is 1.00 bits per heavy atom. The zero-order chi connectivity index (χ0) is 23.8. The highest BCUT2D eigenvalue weighted by Gasteiger charge is 2.64. The highest BCUT2D eigenvalue weighted by atomic mass is 35.5. The maximum atomic E-state index is 14.7. The Morgan fingerprint density at radius 3 is 2.33 bits per heavy atom. The second-order valence-corrected chi connectivity index (χ2v) is 8.61. The van der Waals surface area contributed by atoms with Crippen LogP contribution in [0.15, 0.2) is 35.5 Å². The fourth-order valence-electron chi connectivity index (χ4n) is 4.36. The van der Waals surface area contributed by atoms with Gasteiger partial charge in [-0.15, -0.1) is 0 Å². The number of benzene rings is 2. The van der Waals surface area contributed by atoms with Crippen molar-refractivity contribution in [2.24, 2.45) is 5.16 Å². The molecule has 0 aromatic heterocycles. The lowest BCUT2D eigenvalue weighted by Gasteiger charge is -2.39. The summed E-state index contributed by atoms with van der Waals surface area (Å²) in [5.74, 6) is -1.65. The molecule has 0 amide bonds. The average molecular weight is 495 g/mol. The minimum absolute atomic E-state index is 0.0665. The van der Waals surface area contributed by atoms with E-state index in [9.17, 15) is 30.7 Å². The molecule has 2 aromatic carbocycles. The largest absolute Gasteiger partial charge is 0.435 e. The number of nitrogens with one attached hydrogen (secondary N) is 1. The van der Waals surface area contributed by atoms with E-state index < -0.39 is 51.9 Å². The van der Waals surface area contributed by atoms with E-state index in [1.165, 1.54) is 6.07 Å². The number of alkyl halides is 6. The summed E-state index contributed by atoms with van der Waals surface area (Å²) < 4.78 is 103. The number of oxime groups is 1. The molecule has 3 heterocycles. The van der Waals surface area contributed by atoms with Gasteiger partial charge in [0.1, 0.15) is 11.4 Å². The first kappa shape index (κ1) is 22.4. The molecule has 0 unspecified atom stereocenters. The number of hydrogen-bond acceptors (Lipinski definition) is 4. The van der Waals surface area contributed by atoms with Crippen molar-refractivity contribution in [1.82, 2.24) is 5.32 Å². The Bertz CT molecular complexity index is 1170. The molecule has 0 radical (unpaired) electrons. The molecule has 3 aliphatic rings. The summed E-state index contributed by atoms with van der Waals surface area (Å²) in [6, 6.07) is 5.16. The van der Waals surface area contributed by atoms with Gasteiger partial charge in [-0.3, -0.25) is 0 Å². The molecule has 1 fully saturated rings. The number of nitrogens with zero attached hydrogens (tertiary/aromatic N) is 1. The van der Waals surface area contributed by atoms with Gasteiger partial charge in [-0.25, -0.2) is 4.39 Å². The molecule has 4 nitrogen and oxygen atoms in total. The summed E-state index contributed by atoms with van der Waals surface area (Å²) in [6.45, 7) is 1.47. The van der Waals surface area contributed by atoms with Crippen molar-refractivity contribution in [3.8, 4) is 0 Å². The molecule has 1 N–H and O–H groups in total. The lowest BCUT2D eigenvalue weighted by Crippen LogP contribution is -2.56. The van der Waals surface area contributed by atoms with Crippen molar-refractivity contribution in [1.29, 1.82) is 0 Å². The van der Waals surface area contributed by atoms with E-state index >= 15 is 0 Å². The lowest BCUT2D eigenvalue weighted by atomic mass is 9.83. The van der Waals surface area contributed by atoms with Crippen LogP contribution in [0.25, 0.3) is 0 Å². The van der Waals surface area contributed by atoms with Crippen LogP contribution >= 0.6 is 11.6 Å². The molecule has 12 heteroatoms. The zero-order valence-electron chi connectivity index (χ0n) is 16.5. The van der Waals surface area contributed by atoms with E-state index in [0.29, 0.717) is 13.1 Å². The number of rotatable bonds is 2. The summed E-state index contributed by atoms with van der Waals surface area (Å²) in [4.78, 5) is 4.71. The molecule has 0 aliphatic carbocycles. The van der Waals surface area contributed by atoms with Crippen molar-refractivity contribution in [3.63, 3.8) is 0 Å². The molecule has 1 saturated heterocycles. The molecule has 0 saturated carbocycles. The number of fused-ring (bicyclic) bond motifs is 2. The maximum Gasteiger partial charge on any atom is 0.435 e. The van der Waals surface area contributed by atoms with Crippen LogP contribution < -0.4 is 5.32 Å². The van der Waals surface area contributed by atoms with Crippen LogP contribution in [0, 0.1) is 5.82 Å². The van der Waals surface area contributed by atoms with Gasteiger partial charge in [-0.2, -0.15) is 26.3 Å². The standard InChI is InChI=1S/C21H14ClF7N2O2/c22-15-5-12(20(24,25)26)4-14(17(15)23)19(21(27,28)29)6-16(31-33-19)10-1-2-13-11(3-10)7-32-18(13)8-30-9-18/h1-5,30H,6-9H2/t19-/m1/s1. The smallest absolute Gasteiger partial charge is 0.374 e. The molecule has 1 atom stereocenters. The van der Waals surface area contributed by atoms with Crippen LogP contribution in [0.5, 0.6) is 0 Å². The Hall–Kier alpha value is -2.37. The predicted molar refractivity (Wildman–Crippen MR) is 102 cm³/mol. The summed E-state index contributed by atoms with van der Waals surface area (Å²) in [5.41, 5.74) is -5.09. The van der Waals surface area contributed by atoms with Crippen LogP contribution in [0.1, 0.15) is 34.2 Å². The summed E-state index contributed by atoms with van der Waals surface area (Å²) >= 11 is 5.52. The van der Waals surface area contributed by atoms with Crippen molar-refractivity contribution in [3.05, 3.63) is 69.0 Å². The molecule has 33 heavy (non-hydrogen) atoms. The lowest BCUT2D eigenvalue weighted by molar-refractivity contribution is -0.276. The summed E-state index contributed by atoms with van der Waals surface area (Å²) in [6.07, 6.45) is -11.4. The van der Waals surface area contributed by atoms with Crippen LogP contribution in [0.2, 0.25) is 5.02 Å².